The molecule has 2 aliphatic rings. The first-order chi connectivity index (χ1) is 6.35. The Morgan fingerprint density at radius 3 is 2.46 bits per heavy atom. The van der Waals surface area contributed by atoms with Crippen molar-refractivity contribution in [3.8, 4) is 0 Å². The molecular formula is C12H23N. The molecule has 76 valence electrons. The van der Waals surface area contributed by atoms with E-state index in [1.165, 1.54) is 57.9 Å². The third-order valence-corrected chi connectivity index (χ3v) is 3.79. The molecule has 0 heterocycles. The molecule has 0 radical (unpaired) electrons. The highest BCUT2D eigenvalue weighted by molar-refractivity contribution is 4.90. The second-order valence-electron chi connectivity index (χ2n) is 5.11. The van der Waals surface area contributed by atoms with E-state index in [-0.39, 0.29) is 0 Å². The van der Waals surface area contributed by atoms with Crippen molar-refractivity contribution in [2.24, 2.45) is 5.41 Å². The van der Waals surface area contributed by atoms with Crippen LogP contribution in [0.1, 0.15) is 58.3 Å². The molecular weight excluding hydrogens is 158 g/mol. The van der Waals surface area contributed by atoms with Crippen molar-refractivity contribution in [1.82, 2.24) is 5.32 Å². The van der Waals surface area contributed by atoms with E-state index in [0.29, 0.717) is 5.41 Å². The van der Waals surface area contributed by atoms with Gasteiger partial charge < -0.3 is 5.32 Å². The van der Waals surface area contributed by atoms with Crippen LogP contribution >= 0.6 is 0 Å². The van der Waals surface area contributed by atoms with Crippen molar-refractivity contribution in [3.05, 3.63) is 0 Å². The van der Waals surface area contributed by atoms with Gasteiger partial charge in [-0.25, -0.2) is 0 Å². The van der Waals surface area contributed by atoms with Crippen LogP contribution in [0.2, 0.25) is 0 Å². The van der Waals surface area contributed by atoms with E-state index in [2.05, 4.69) is 12.2 Å². The van der Waals surface area contributed by atoms with Gasteiger partial charge in [0.1, 0.15) is 0 Å². The molecule has 0 unspecified atom stereocenters. The first kappa shape index (κ1) is 9.51. The molecule has 0 atom stereocenters. The Morgan fingerprint density at radius 2 is 1.92 bits per heavy atom. The first-order valence-electron chi connectivity index (χ1n) is 6.08. The summed E-state index contributed by atoms with van der Waals surface area (Å²) in [5.74, 6) is 0. The summed E-state index contributed by atoms with van der Waals surface area (Å²) in [5, 5.41) is 3.72. The van der Waals surface area contributed by atoms with Crippen LogP contribution in [0.15, 0.2) is 0 Å². The van der Waals surface area contributed by atoms with Crippen LogP contribution in [0, 0.1) is 5.41 Å². The zero-order valence-electron chi connectivity index (χ0n) is 8.94. The van der Waals surface area contributed by atoms with E-state index >= 15 is 0 Å². The standard InChI is InChI=1S/C12H23N/c1-2-7-12(8-3-4-9-12)10-13-11-5-6-11/h11,13H,2-10H2,1H3. The molecule has 13 heavy (non-hydrogen) atoms. The van der Waals surface area contributed by atoms with Crippen LogP contribution in [0.25, 0.3) is 0 Å². The smallest absolute Gasteiger partial charge is 0.00684 e. The van der Waals surface area contributed by atoms with Crippen LogP contribution in [0.4, 0.5) is 0 Å². The van der Waals surface area contributed by atoms with E-state index in [1.807, 2.05) is 0 Å². The van der Waals surface area contributed by atoms with Gasteiger partial charge >= 0.3 is 0 Å². The molecule has 2 fully saturated rings. The van der Waals surface area contributed by atoms with Crippen molar-refractivity contribution in [3.63, 3.8) is 0 Å². The molecule has 0 aliphatic heterocycles. The van der Waals surface area contributed by atoms with Crippen LogP contribution in [0.5, 0.6) is 0 Å². The lowest BCUT2D eigenvalue weighted by Crippen LogP contribution is -2.33. The van der Waals surface area contributed by atoms with Gasteiger partial charge in [-0.15, -0.1) is 0 Å². The monoisotopic (exact) mass is 181 g/mol. The molecule has 2 saturated carbocycles. The molecule has 0 aromatic carbocycles. The molecule has 1 nitrogen and oxygen atoms in total. The van der Waals surface area contributed by atoms with E-state index in [9.17, 15) is 0 Å². The summed E-state index contributed by atoms with van der Waals surface area (Å²) in [6.07, 6.45) is 11.6. The molecule has 0 spiro atoms. The van der Waals surface area contributed by atoms with Gasteiger partial charge in [-0.1, -0.05) is 26.2 Å². The zero-order valence-corrected chi connectivity index (χ0v) is 8.94. The van der Waals surface area contributed by atoms with Crippen molar-refractivity contribution in [2.45, 2.75) is 64.3 Å². The normalized spacial score (nSPS) is 26.5. The van der Waals surface area contributed by atoms with Crippen LogP contribution in [0.3, 0.4) is 0 Å². The van der Waals surface area contributed by atoms with E-state index in [4.69, 9.17) is 0 Å². The summed E-state index contributed by atoms with van der Waals surface area (Å²) in [7, 11) is 0. The number of hydrogen-bond donors (Lipinski definition) is 1. The third-order valence-electron chi connectivity index (χ3n) is 3.79. The van der Waals surface area contributed by atoms with Gasteiger partial charge in [0.15, 0.2) is 0 Å². The predicted molar refractivity (Wildman–Crippen MR) is 56.8 cm³/mol. The van der Waals surface area contributed by atoms with Crippen LogP contribution in [-0.4, -0.2) is 12.6 Å². The Morgan fingerprint density at radius 1 is 1.23 bits per heavy atom. The highest BCUT2D eigenvalue weighted by Gasteiger charge is 2.34. The zero-order chi connectivity index (χ0) is 9.15. The van der Waals surface area contributed by atoms with Gasteiger partial charge in [0.2, 0.25) is 0 Å². The third kappa shape index (κ3) is 2.46. The summed E-state index contributed by atoms with van der Waals surface area (Å²) < 4.78 is 0. The van der Waals surface area contributed by atoms with Gasteiger partial charge in [-0.3, -0.25) is 0 Å². The number of nitrogens with one attached hydrogen (secondary N) is 1. The SMILES string of the molecule is CCCC1(CNC2CC2)CCCC1. The average molecular weight is 181 g/mol. The quantitative estimate of drug-likeness (QED) is 0.687. The second kappa shape index (κ2) is 4.00. The fourth-order valence-electron chi connectivity index (χ4n) is 2.82. The molecule has 2 aliphatic carbocycles. The average Bonchev–Trinajstić information content (AvgIpc) is 2.85. The molecule has 1 heteroatoms. The molecule has 0 aromatic heterocycles. The van der Waals surface area contributed by atoms with E-state index in [1.54, 1.807) is 0 Å². The Kier molecular flexibility index (Phi) is 2.92. The summed E-state index contributed by atoms with van der Waals surface area (Å²) in [5.41, 5.74) is 0.706. The minimum Gasteiger partial charge on any atom is -0.313 e. The predicted octanol–water partition coefficient (Wildman–Crippen LogP) is 3.10. The minimum atomic E-state index is 0.706. The lowest BCUT2D eigenvalue weighted by atomic mass is 9.81. The highest BCUT2D eigenvalue weighted by atomic mass is 15.0. The van der Waals surface area contributed by atoms with E-state index in [0.717, 1.165) is 6.04 Å². The summed E-state index contributed by atoms with van der Waals surface area (Å²) in [6, 6.07) is 0.898. The Labute approximate surface area is 82.3 Å². The molecule has 0 bridgehead atoms. The maximum absolute atomic E-state index is 3.72. The van der Waals surface area contributed by atoms with Gasteiger partial charge in [0.25, 0.3) is 0 Å². The van der Waals surface area contributed by atoms with E-state index < -0.39 is 0 Å². The first-order valence-corrected chi connectivity index (χ1v) is 6.08. The van der Waals surface area contributed by atoms with Crippen LogP contribution in [-0.2, 0) is 0 Å². The molecule has 1 N–H and O–H groups in total. The highest BCUT2D eigenvalue weighted by Crippen LogP contribution is 2.41. The van der Waals surface area contributed by atoms with Crippen molar-refractivity contribution in [1.29, 1.82) is 0 Å². The Hall–Kier alpha value is -0.0400. The maximum Gasteiger partial charge on any atom is 0.00684 e. The fourth-order valence-corrected chi connectivity index (χ4v) is 2.82. The van der Waals surface area contributed by atoms with Crippen LogP contribution < -0.4 is 5.32 Å². The van der Waals surface area contributed by atoms with Gasteiger partial charge in [0.05, 0.1) is 0 Å². The molecule has 0 amide bonds. The number of rotatable bonds is 5. The minimum absolute atomic E-state index is 0.706. The Balaban J connectivity index is 1.79. The topological polar surface area (TPSA) is 12.0 Å². The fraction of sp³-hybridized carbons (Fsp3) is 1.00. The van der Waals surface area contributed by atoms with Gasteiger partial charge in [-0.05, 0) is 37.5 Å². The second-order valence-corrected chi connectivity index (χ2v) is 5.11. The van der Waals surface area contributed by atoms with Crippen molar-refractivity contribution >= 4 is 0 Å². The van der Waals surface area contributed by atoms with Crippen molar-refractivity contribution < 1.29 is 0 Å². The lowest BCUT2D eigenvalue weighted by molar-refractivity contribution is 0.254. The lowest BCUT2D eigenvalue weighted by Gasteiger charge is -2.29. The maximum atomic E-state index is 3.72. The van der Waals surface area contributed by atoms with Gasteiger partial charge in [-0.2, -0.15) is 0 Å². The molecule has 2 rings (SSSR count). The number of hydrogen-bond acceptors (Lipinski definition) is 1. The molecule has 0 saturated heterocycles. The van der Waals surface area contributed by atoms with Gasteiger partial charge in [0, 0.05) is 12.6 Å². The summed E-state index contributed by atoms with van der Waals surface area (Å²) in [6.45, 7) is 3.64. The Bertz CT molecular complexity index is 155. The molecule has 0 aromatic rings. The summed E-state index contributed by atoms with van der Waals surface area (Å²) in [4.78, 5) is 0. The van der Waals surface area contributed by atoms with Crippen molar-refractivity contribution in [2.75, 3.05) is 6.54 Å². The largest absolute Gasteiger partial charge is 0.313 e. The summed E-state index contributed by atoms with van der Waals surface area (Å²) >= 11 is 0.